The lowest BCUT2D eigenvalue weighted by Crippen LogP contribution is -2.42. The maximum atomic E-state index is 12.0. The van der Waals surface area contributed by atoms with E-state index in [9.17, 15) is 4.79 Å². The van der Waals surface area contributed by atoms with Crippen molar-refractivity contribution in [1.82, 2.24) is 10.2 Å². The van der Waals surface area contributed by atoms with Crippen LogP contribution in [-0.2, 0) is 0 Å². The molecule has 5 heteroatoms. The smallest absolute Gasteiger partial charge is 0.256 e. The molecule has 4 nitrogen and oxygen atoms in total. The molecule has 102 valence electrons. The number of rotatable bonds is 6. The molecule has 1 unspecified atom stereocenters. The van der Waals surface area contributed by atoms with Gasteiger partial charge in [-0.25, -0.2) is 0 Å². The van der Waals surface area contributed by atoms with Crippen LogP contribution in [0.4, 0.5) is 0 Å². The molecule has 1 heterocycles. The second-order valence-electron chi connectivity index (χ2n) is 5.17. The monoisotopic (exact) mass is 272 g/mol. The zero-order valence-electron chi connectivity index (χ0n) is 11.4. The van der Waals surface area contributed by atoms with Crippen molar-refractivity contribution in [3.05, 3.63) is 23.1 Å². The van der Waals surface area contributed by atoms with E-state index in [4.69, 9.17) is 16.0 Å². The van der Waals surface area contributed by atoms with E-state index in [1.807, 2.05) is 14.1 Å². The van der Waals surface area contributed by atoms with Crippen LogP contribution in [0.2, 0.25) is 5.22 Å². The number of halogens is 1. The van der Waals surface area contributed by atoms with Crippen LogP contribution >= 0.6 is 11.6 Å². The van der Waals surface area contributed by atoms with Gasteiger partial charge in [-0.15, -0.1) is 0 Å². The lowest BCUT2D eigenvalue weighted by Gasteiger charge is -2.23. The maximum absolute atomic E-state index is 12.0. The highest BCUT2D eigenvalue weighted by Crippen LogP contribution is 2.17. The number of furan rings is 1. The van der Waals surface area contributed by atoms with E-state index in [-0.39, 0.29) is 17.2 Å². The number of nitrogens with one attached hydrogen (secondary N) is 1. The summed E-state index contributed by atoms with van der Waals surface area (Å²) in [5.41, 5.74) is 0.393. The summed E-state index contributed by atoms with van der Waals surface area (Å²) in [4.78, 5) is 14.1. The fraction of sp³-hybridized carbons (Fsp3) is 0.615. The number of likely N-dealkylation sites (N-methyl/N-ethyl adjacent to an activating group) is 1. The lowest BCUT2D eigenvalue weighted by molar-refractivity contribution is 0.0924. The second-order valence-corrected chi connectivity index (χ2v) is 5.51. The average molecular weight is 273 g/mol. The van der Waals surface area contributed by atoms with Gasteiger partial charge in [0.25, 0.3) is 5.91 Å². The van der Waals surface area contributed by atoms with E-state index >= 15 is 0 Å². The average Bonchev–Trinajstić information content (AvgIpc) is 2.61. The minimum atomic E-state index is -0.179. The second kappa shape index (κ2) is 6.81. The molecule has 0 aromatic carbocycles. The fourth-order valence-electron chi connectivity index (χ4n) is 1.91. The Morgan fingerprint density at radius 1 is 1.50 bits per heavy atom. The Hall–Kier alpha value is -1.00. The van der Waals surface area contributed by atoms with E-state index in [2.05, 4.69) is 24.1 Å². The van der Waals surface area contributed by atoms with Crippen molar-refractivity contribution < 1.29 is 9.21 Å². The number of hydrogen-bond acceptors (Lipinski definition) is 3. The minimum Gasteiger partial charge on any atom is -0.452 e. The molecule has 0 bridgehead atoms. The molecule has 1 amide bonds. The summed E-state index contributed by atoms with van der Waals surface area (Å²) < 4.78 is 4.92. The highest BCUT2D eigenvalue weighted by atomic mass is 35.5. The molecule has 0 aliphatic heterocycles. The highest BCUT2D eigenvalue weighted by molar-refractivity contribution is 6.32. The predicted molar refractivity (Wildman–Crippen MR) is 73.0 cm³/mol. The van der Waals surface area contributed by atoms with Crippen LogP contribution in [0.25, 0.3) is 0 Å². The fourth-order valence-corrected chi connectivity index (χ4v) is 2.11. The van der Waals surface area contributed by atoms with Gasteiger partial charge in [-0.1, -0.05) is 13.8 Å². The molecule has 0 fully saturated rings. The topological polar surface area (TPSA) is 45.5 Å². The van der Waals surface area contributed by atoms with Crippen molar-refractivity contribution in [1.29, 1.82) is 0 Å². The molecule has 0 spiro atoms. The predicted octanol–water partition coefficient (Wildman–Crippen LogP) is 2.64. The molecule has 18 heavy (non-hydrogen) atoms. The molecule has 0 aliphatic carbocycles. The highest BCUT2D eigenvalue weighted by Gasteiger charge is 2.19. The minimum absolute atomic E-state index is 0.110. The third-order valence-corrected chi connectivity index (χ3v) is 2.83. The molecule has 1 aromatic rings. The zero-order valence-corrected chi connectivity index (χ0v) is 12.1. The van der Waals surface area contributed by atoms with Crippen LogP contribution in [-0.4, -0.2) is 37.5 Å². The Bertz CT molecular complexity index is 378. The largest absolute Gasteiger partial charge is 0.452 e. The van der Waals surface area contributed by atoms with Crippen LogP contribution in [0.3, 0.4) is 0 Å². The van der Waals surface area contributed by atoms with Crippen molar-refractivity contribution >= 4 is 17.5 Å². The number of carbonyl (C=O) groups is 1. The Morgan fingerprint density at radius 2 is 2.17 bits per heavy atom. The number of hydrogen-bond donors (Lipinski definition) is 1. The summed E-state index contributed by atoms with van der Waals surface area (Å²) in [5, 5.41) is 3.14. The molecule has 1 N–H and O–H groups in total. The van der Waals surface area contributed by atoms with Crippen molar-refractivity contribution in [2.24, 2.45) is 5.92 Å². The van der Waals surface area contributed by atoms with Crippen LogP contribution in [0.1, 0.15) is 30.6 Å². The van der Waals surface area contributed by atoms with Gasteiger partial charge in [-0.2, -0.15) is 0 Å². The van der Waals surface area contributed by atoms with Crippen LogP contribution in [0.15, 0.2) is 16.7 Å². The summed E-state index contributed by atoms with van der Waals surface area (Å²) >= 11 is 5.79. The number of amides is 1. The van der Waals surface area contributed by atoms with Gasteiger partial charge in [0.15, 0.2) is 0 Å². The Morgan fingerprint density at radius 3 is 2.61 bits per heavy atom. The van der Waals surface area contributed by atoms with Crippen molar-refractivity contribution in [2.45, 2.75) is 26.3 Å². The van der Waals surface area contributed by atoms with Crippen LogP contribution < -0.4 is 5.32 Å². The quantitative estimate of drug-likeness (QED) is 0.866. The SMILES string of the molecule is CC(C)CC(CN(C)C)NC(=O)c1ccoc1Cl. The maximum Gasteiger partial charge on any atom is 0.256 e. The molecule has 0 saturated heterocycles. The Balaban J connectivity index is 2.65. The van der Waals surface area contributed by atoms with Gasteiger partial charge in [-0.05, 0) is 44.1 Å². The van der Waals surface area contributed by atoms with Crippen molar-refractivity contribution in [2.75, 3.05) is 20.6 Å². The molecular formula is C13H21ClN2O2. The first-order valence-corrected chi connectivity index (χ1v) is 6.46. The third-order valence-electron chi connectivity index (χ3n) is 2.54. The first-order valence-electron chi connectivity index (χ1n) is 6.08. The van der Waals surface area contributed by atoms with E-state index in [0.29, 0.717) is 11.5 Å². The molecule has 0 radical (unpaired) electrons. The van der Waals surface area contributed by atoms with Gasteiger partial charge in [0.05, 0.1) is 11.8 Å². The third kappa shape index (κ3) is 4.70. The van der Waals surface area contributed by atoms with Gasteiger partial charge in [-0.3, -0.25) is 4.79 Å². The molecule has 0 saturated carbocycles. The summed E-state index contributed by atoms with van der Waals surface area (Å²) in [7, 11) is 3.98. The Kier molecular flexibility index (Phi) is 5.69. The normalized spacial score (nSPS) is 13.1. The Labute approximate surface area is 113 Å². The van der Waals surface area contributed by atoms with Gasteiger partial charge in [0, 0.05) is 12.6 Å². The van der Waals surface area contributed by atoms with Gasteiger partial charge in [0.1, 0.15) is 0 Å². The van der Waals surface area contributed by atoms with E-state index in [1.165, 1.54) is 6.26 Å². The van der Waals surface area contributed by atoms with Crippen LogP contribution in [0.5, 0.6) is 0 Å². The van der Waals surface area contributed by atoms with Crippen molar-refractivity contribution in [3.8, 4) is 0 Å². The van der Waals surface area contributed by atoms with Gasteiger partial charge >= 0.3 is 0 Å². The van der Waals surface area contributed by atoms with Gasteiger partial charge in [0.2, 0.25) is 5.22 Å². The summed E-state index contributed by atoms with van der Waals surface area (Å²) in [6.07, 6.45) is 2.35. The van der Waals surface area contributed by atoms with E-state index < -0.39 is 0 Å². The summed E-state index contributed by atoms with van der Waals surface area (Å²) in [6, 6.07) is 1.69. The molecule has 1 atom stereocenters. The number of carbonyl (C=O) groups excluding carboxylic acids is 1. The first-order chi connectivity index (χ1) is 8.40. The molecule has 0 aliphatic rings. The van der Waals surface area contributed by atoms with E-state index in [0.717, 1.165) is 13.0 Å². The molecule has 1 rings (SSSR count). The number of nitrogens with zero attached hydrogens (tertiary/aromatic N) is 1. The van der Waals surface area contributed by atoms with E-state index in [1.54, 1.807) is 6.07 Å². The molecular weight excluding hydrogens is 252 g/mol. The lowest BCUT2D eigenvalue weighted by atomic mass is 10.0. The standard InChI is InChI=1S/C13H21ClN2O2/c1-9(2)7-10(8-16(3)4)15-13(17)11-5-6-18-12(11)14/h5-6,9-10H,7-8H2,1-4H3,(H,15,17). The zero-order chi connectivity index (χ0) is 13.7. The summed E-state index contributed by atoms with van der Waals surface area (Å²) in [6.45, 7) is 5.08. The van der Waals surface area contributed by atoms with Crippen LogP contribution in [0, 0.1) is 5.92 Å². The summed E-state index contributed by atoms with van der Waals surface area (Å²) in [5.74, 6) is 0.344. The van der Waals surface area contributed by atoms with Crippen molar-refractivity contribution in [3.63, 3.8) is 0 Å². The molecule has 1 aromatic heterocycles. The van der Waals surface area contributed by atoms with Gasteiger partial charge < -0.3 is 14.6 Å². The first kappa shape index (κ1) is 15.1.